The number of carbonyl (C=O) groups is 2. The molecule has 0 heterocycles. The normalized spacial score (nSPS) is 16.2. The molecule has 96 valence electrons. The van der Waals surface area contributed by atoms with Crippen molar-refractivity contribution in [3.8, 4) is 0 Å². The molecule has 1 aromatic carbocycles. The van der Waals surface area contributed by atoms with E-state index in [9.17, 15) is 9.59 Å². The summed E-state index contributed by atoms with van der Waals surface area (Å²) in [6, 6.07) is 5.95. The number of benzene rings is 1. The monoisotopic (exact) mass is 248 g/mol. The van der Waals surface area contributed by atoms with E-state index in [1.807, 2.05) is 0 Å². The average molecular weight is 248 g/mol. The van der Waals surface area contributed by atoms with Crippen molar-refractivity contribution >= 4 is 11.9 Å². The molecule has 1 aliphatic carbocycles. The highest BCUT2D eigenvalue weighted by Crippen LogP contribution is 2.21. The van der Waals surface area contributed by atoms with Gasteiger partial charge < -0.3 is 9.84 Å². The first-order chi connectivity index (χ1) is 8.66. The summed E-state index contributed by atoms with van der Waals surface area (Å²) < 4.78 is 5.38. The molecule has 0 amide bonds. The minimum atomic E-state index is -1.04. The average Bonchev–Trinajstić information content (AvgIpc) is 2.40. The summed E-state index contributed by atoms with van der Waals surface area (Å²) in [5.74, 6) is -1.47. The Kier molecular flexibility index (Phi) is 3.97. The van der Waals surface area contributed by atoms with Gasteiger partial charge in [-0.05, 0) is 43.9 Å². The van der Waals surface area contributed by atoms with Gasteiger partial charge >= 0.3 is 11.9 Å². The third-order valence-corrected chi connectivity index (χ3v) is 3.17. The van der Waals surface area contributed by atoms with Crippen LogP contribution in [0.25, 0.3) is 0 Å². The van der Waals surface area contributed by atoms with Crippen molar-refractivity contribution in [3.63, 3.8) is 0 Å². The van der Waals surface area contributed by atoms with Crippen LogP contribution in [0.1, 0.15) is 52.8 Å². The van der Waals surface area contributed by atoms with Crippen LogP contribution in [0.3, 0.4) is 0 Å². The summed E-state index contributed by atoms with van der Waals surface area (Å²) in [5.41, 5.74) is 0.411. The summed E-state index contributed by atoms with van der Waals surface area (Å²) in [4.78, 5) is 22.7. The molecule has 4 nitrogen and oxygen atoms in total. The fraction of sp³-hybridized carbons (Fsp3) is 0.429. The lowest BCUT2D eigenvalue weighted by atomic mass is 9.98. The summed E-state index contributed by atoms with van der Waals surface area (Å²) in [5, 5.41) is 8.86. The molecule has 0 aromatic heterocycles. The summed E-state index contributed by atoms with van der Waals surface area (Å²) in [7, 11) is 0. The minimum Gasteiger partial charge on any atom is -0.478 e. The molecule has 4 heteroatoms. The van der Waals surface area contributed by atoms with Gasteiger partial charge in [-0.1, -0.05) is 12.5 Å². The summed E-state index contributed by atoms with van der Waals surface area (Å²) in [6.45, 7) is 0. The van der Waals surface area contributed by atoms with E-state index in [0.29, 0.717) is 5.56 Å². The largest absolute Gasteiger partial charge is 0.478 e. The first kappa shape index (κ1) is 12.6. The van der Waals surface area contributed by atoms with E-state index < -0.39 is 11.9 Å². The standard InChI is InChI=1S/C14H16O4/c15-13(16)10-5-4-6-11(9-10)14(17)18-12-7-2-1-3-8-12/h4-6,9,12H,1-3,7-8H2,(H,15,16). The van der Waals surface area contributed by atoms with Gasteiger partial charge in [0.15, 0.2) is 0 Å². The zero-order valence-electron chi connectivity index (χ0n) is 10.1. The van der Waals surface area contributed by atoms with E-state index in [-0.39, 0.29) is 11.7 Å². The molecular formula is C14H16O4. The molecule has 0 bridgehead atoms. The van der Waals surface area contributed by atoms with Crippen molar-refractivity contribution in [2.45, 2.75) is 38.2 Å². The van der Waals surface area contributed by atoms with Crippen molar-refractivity contribution in [2.24, 2.45) is 0 Å². The lowest BCUT2D eigenvalue weighted by Gasteiger charge is -2.21. The van der Waals surface area contributed by atoms with Gasteiger partial charge in [-0.2, -0.15) is 0 Å². The van der Waals surface area contributed by atoms with E-state index in [1.165, 1.54) is 18.6 Å². The Balaban J connectivity index is 2.03. The van der Waals surface area contributed by atoms with Gasteiger partial charge in [0, 0.05) is 0 Å². The lowest BCUT2D eigenvalue weighted by Crippen LogP contribution is -2.21. The van der Waals surface area contributed by atoms with Crippen molar-refractivity contribution in [3.05, 3.63) is 35.4 Å². The number of carboxylic acids is 1. The second kappa shape index (κ2) is 5.67. The van der Waals surface area contributed by atoms with Gasteiger partial charge in [0.05, 0.1) is 11.1 Å². The Bertz CT molecular complexity index is 447. The Labute approximate surface area is 106 Å². The highest BCUT2D eigenvalue weighted by Gasteiger charge is 2.19. The second-order valence-electron chi connectivity index (χ2n) is 4.55. The van der Waals surface area contributed by atoms with E-state index in [0.717, 1.165) is 25.7 Å². The van der Waals surface area contributed by atoms with Crippen LogP contribution in [0.4, 0.5) is 0 Å². The second-order valence-corrected chi connectivity index (χ2v) is 4.55. The van der Waals surface area contributed by atoms with Gasteiger partial charge in [-0.3, -0.25) is 0 Å². The zero-order valence-corrected chi connectivity index (χ0v) is 10.1. The van der Waals surface area contributed by atoms with Crippen molar-refractivity contribution in [1.29, 1.82) is 0 Å². The lowest BCUT2D eigenvalue weighted by molar-refractivity contribution is 0.0211. The number of esters is 1. The van der Waals surface area contributed by atoms with Crippen molar-refractivity contribution < 1.29 is 19.4 Å². The molecule has 1 saturated carbocycles. The molecule has 1 fully saturated rings. The van der Waals surface area contributed by atoms with E-state index in [2.05, 4.69) is 0 Å². The highest BCUT2D eigenvalue weighted by atomic mass is 16.5. The molecule has 1 aromatic rings. The van der Waals surface area contributed by atoms with Gasteiger partial charge in [0.2, 0.25) is 0 Å². The fourth-order valence-electron chi connectivity index (χ4n) is 2.18. The van der Waals surface area contributed by atoms with E-state index in [1.54, 1.807) is 12.1 Å². The predicted octanol–water partition coefficient (Wildman–Crippen LogP) is 2.87. The molecule has 0 unspecified atom stereocenters. The maximum atomic E-state index is 11.9. The highest BCUT2D eigenvalue weighted by molar-refractivity contribution is 5.94. The molecule has 0 saturated heterocycles. The SMILES string of the molecule is O=C(O)c1cccc(C(=O)OC2CCCCC2)c1. The molecule has 0 radical (unpaired) electrons. The number of aromatic carboxylic acids is 1. The molecular weight excluding hydrogens is 232 g/mol. The zero-order chi connectivity index (χ0) is 13.0. The minimum absolute atomic E-state index is 0.0141. The third kappa shape index (κ3) is 3.09. The van der Waals surface area contributed by atoms with Crippen molar-refractivity contribution in [1.82, 2.24) is 0 Å². The van der Waals surface area contributed by atoms with Crippen LogP contribution in [0.5, 0.6) is 0 Å². The first-order valence-electron chi connectivity index (χ1n) is 6.21. The molecule has 0 spiro atoms. The summed E-state index contributed by atoms with van der Waals surface area (Å²) >= 11 is 0. The third-order valence-electron chi connectivity index (χ3n) is 3.17. The maximum Gasteiger partial charge on any atom is 0.338 e. The number of carboxylic acid groups (broad SMARTS) is 1. The van der Waals surface area contributed by atoms with Crippen LogP contribution in [-0.2, 0) is 4.74 Å². The number of carbonyl (C=O) groups excluding carboxylic acids is 1. The molecule has 1 N–H and O–H groups in total. The topological polar surface area (TPSA) is 63.6 Å². The van der Waals surface area contributed by atoms with E-state index in [4.69, 9.17) is 9.84 Å². The smallest absolute Gasteiger partial charge is 0.338 e. The predicted molar refractivity (Wildman–Crippen MR) is 65.7 cm³/mol. The number of hydrogen-bond acceptors (Lipinski definition) is 3. The Morgan fingerprint density at radius 2 is 1.78 bits per heavy atom. The molecule has 2 rings (SSSR count). The van der Waals surface area contributed by atoms with E-state index >= 15 is 0 Å². The van der Waals surface area contributed by atoms with Gasteiger partial charge in [0.25, 0.3) is 0 Å². The fourth-order valence-corrected chi connectivity index (χ4v) is 2.18. The number of hydrogen-bond donors (Lipinski definition) is 1. The number of ether oxygens (including phenoxy) is 1. The molecule has 18 heavy (non-hydrogen) atoms. The van der Waals surface area contributed by atoms with Crippen LogP contribution >= 0.6 is 0 Å². The first-order valence-corrected chi connectivity index (χ1v) is 6.21. The molecule has 0 atom stereocenters. The maximum absolute atomic E-state index is 11.9. The van der Waals surface area contributed by atoms with Gasteiger partial charge in [0.1, 0.15) is 6.10 Å². The van der Waals surface area contributed by atoms with Crippen LogP contribution < -0.4 is 0 Å². The quantitative estimate of drug-likeness (QED) is 0.835. The molecule has 0 aliphatic heterocycles. The number of rotatable bonds is 3. The van der Waals surface area contributed by atoms with Gasteiger partial charge in [-0.25, -0.2) is 9.59 Å². The summed E-state index contributed by atoms with van der Waals surface area (Å²) in [6.07, 6.45) is 5.18. The van der Waals surface area contributed by atoms with Crippen molar-refractivity contribution in [2.75, 3.05) is 0 Å². The Hall–Kier alpha value is -1.84. The van der Waals surface area contributed by atoms with Crippen LogP contribution in [-0.4, -0.2) is 23.1 Å². The van der Waals surface area contributed by atoms with Gasteiger partial charge in [-0.15, -0.1) is 0 Å². The van der Waals surface area contributed by atoms with Crippen LogP contribution in [0.15, 0.2) is 24.3 Å². The Morgan fingerprint density at radius 3 is 2.44 bits per heavy atom. The van der Waals surface area contributed by atoms with Crippen LogP contribution in [0, 0.1) is 0 Å². The molecule has 1 aliphatic rings. The van der Waals surface area contributed by atoms with Crippen LogP contribution in [0.2, 0.25) is 0 Å². The Morgan fingerprint density at radius 1 is 1.11 bits per heavy atom.